The average Bonchev–Trinajstić information content (AvgIpc) is 3.21. The summed E-state index contributed by atoms with van der Waals surface area (Å²) in [5.74, 6) is -0.0716. The molecular formula is C26H30N4O4S. The van der Waals surface area contributed by atoms with Gasteiger partial charge in [-0.05, 0) is 75.4 Å². The Kier molecular flexibility index (Phi) is 7.18. The molecule has 1 amide bonds. The Morgan fingerprint density at radius 1 is 1.11 bits per heavy atom. The number of carbonyl (C=O) groups excluding carboxylic acids is 1. The smallest absolute Gasteiger partial charge is 0.248 e. The van der Waals surface area contributed by atoms with Gasteiger partial charge in [-0.3, -0.25) is 4.79 Å². The van der Waals surface area contributed by atoms with Gasteiger partial charge >= 0.3 is 0 Å². The van der Waals surface area contributed by atoms with E-state index in [1.54, 1.807) is 25.3 Å². The van der Waals surface area contributed by atoms with Crippen LogP contribution in [0.1, 0.15) is 46.5 Å². The highest BCUT2D eigenvalue weighted by atomic mass is 32.2. The van der Waals surface area contributed by atoms with Crippen LogP contribution in [0.5, 0.6) is 0 Å². The lowest BCUT2D eigenvalue weighted by Gasteiger charge is -2.31. The number of amides is 1. The van der Waals surface area contributed by atoms with E-state index in [0.717, 1.165) is 22.3 Å². The molecule has 9 heteroatoms. The summed E-state index contributed by atoms with van der Waals surface area (Å²) < 4.78 is 34.0. The Balaban J connectivity index is 1.55. The number of sulfonamides is 1. The molecule has 0 saturated carbocycles. The molecule has 2 aromatic heterocycles. The van der Waals surface area contributed by atoms with Crippen molar-refractivity contribution in [1.29, 1.82) is 0 Å². The molecule has 184 valence electrons. The Hall–Kier alpha value is -3.30. The molecule has 8 nitrogen and oxygen atoms in total. The molecule has 0 radical (unpaired) electrons. The van der Waals surface area contributed by atoms with Crippen LogP contribution in [0.2, 0.25) is 0 Å². The summed E-state index contributed by atoms with van der Waals surface area (Å²) in [5, 5.41) is 6.75. The first kappa shape index (κ1) is 24.8. The van der Waals surface area contributed by atoms with Crippen molar-refractivity contribution in [3.05, 3.63) is 70.2 Å². The van der Waals surface area contributed by atoms with Crippen LogP contribution in [-0.2, 0) is 14.8 Å². The molecule has 1 saturated heterocycles. The maximum absolute atomic E-state index is 13.6. The summed E-state index contributed by atoms with van der Waals surface area (Å²) in [5.41, 5.74) is 4.42. The molecular weight excluding hydrogens is 464 g/mol. The number of benzene rings is 1. The van der Waals surface area contributed by atoms with E-state index >= 15 is 0 Å². The minimum Gasteiger partial charge on any atom is -0.355 e. The van der Waals surface area contributed by atoms with Crippen molar-refractivity contribution in [1.82, 2.24) is 14.4 Å². The number of aromatic nitrogens is 2. The Labute approximate surface area is 206 Å². The number of piperidine rings is 1. The lowest BCUT2D eigenvalue weighted by atomic mass is 9.99. The number of pyridine rings is 1. The lowest BCUT2D eigenvalue weighted by Crippen LogP contribution is -2.44. The first-order valence-electron chi connectivity index (χ1n) is 11.6. The van der Waals surface area contributed by atoms with Crippen LogP contribution in [0.15, 0.2) is 45.9 Å². The molecule has 1 unspecified atom stereocenters. The zero-order valence-electron chi connectivity index (χ0n) is 20.4. The minimum atomic E-state index is -3.92. The van der Waals surface area contributed by atoms with Gasteiger partial charge in [-0.2, -0.15) is 4.31 Å². The molecule has 0 bridgehead atoms. The first-order chi connectivity index (χ1) is 16.6. The SMILES string of the molecule is Cc1ccnc(NC(=O)C2CCCN(S(=O)(=O)c3c(C)noc3C=Cc3cc(C)ccc3C)C2)c1. The Bertz CT molecular complexity index is 1380. The highest BCUT2D eigenvalue weighted by Gasteiger charge is 2.37. The average molecular weight is 495 g/mol. The second kappa shape index (κ2) is 10.1. The van der Waals surface area contributed by atoms with Crippen molar-refractivity contribution in [2.45, 2.75) is 45.4 Å². The number of hydrogen-bond donors (Lipinski definition) is 1. The number of anilines is 1. The number of rotatable bonds is 6. The fourth-order valence-electron chi connectivity index (χ4n) is 4.24. The topological polar surface area (TPSA) is 105 Å². The van der Waals surface area contributed by atoms with Crippen molar-refractivity contribution in [3.63, 3.8) is 0 Å². The first-order valence-corrected chi connectivity index (χ1v) is 13.0. The van der Waals surface area contributed by atoms with Crippen LogP contribution in [0.4, 0.5) is 5.82 Å². The molecule has 35 heavy (non-hydrogen) atoms. The Morgan fingerprint density at radius 3 is 2.66 bits per heavy atom. The van der Waals surface area contributed by atoms with Crippen molar-refractivity contribution in [2.24, 2.45) is 5.92 Å². The molecule has 4 rings (SSSR count). The van der Waals surface area contributed by atoms with Crippen LogP contribution >= 0.6 is 0 Å². The predicted molar refractivity (Wildman–Crippen MR) is 135 cm³/mol. The predicted octanol–water partition coefficient (Wildman–Crippen LogP) is 4.51. The molecule has 1 fully saturated rings. The standard InChI is InChI=1S/C26H30N4O4S/c1-17-7-8-19(3)21(14-17)9-10-23-25(20(4)29-34-23)35(32,33)30-13-5-6-22(16-30)26(31)28-24-15-18(2)11-12-27-24/h7-12,14-15,22H,5-6,13,16H2,1-4H3,(H,27,28,31). The summed E-state index contributed by atoms with van der Waals surface area (Å²) in [4.78, 5) is 17.1. The number of aryl methyl sites for hydroxylation is 4. The van der Waals surface area contributed by atoms with Gasteiger partial charge in [-0.25, -0.2) is 13.4 Å². The summed E-state index contributed by atoms with van der Waals surface area (Å²) in [6.45, 7) is 7.95. The molecule has 1 aliphatic heterocycles. The second-order valence-corrected chi connectivity index (χ2v) is 10.9. The van der Waals surface area contributed by atoms with Gasteiger partial charge < -0.3 is 9.84 Å². The fraction of sp³-hybridized carbons (Fsp3) is 0.346. The minimum absolute atomic E-state index is 0.0421. The lowest BCUT2D eigenvalue weighted by molar-refractivity contribution is -0.120. The van der Waals surface area contributed by atoms with E-state index in [1.165, 1.54) is 4.31 Å². The van der Waals surface area contributed by atoms with E-state index in [9.17, 15) is 13.2 Å². The van der Waals surface area contributed by atoms with E-state index < -0.39 is 15.9 Å². The van der Waals surface area contributed by atoms with E-state index in [2.05, 4.69) is 15.5 Å². The van der Waals surface area contributed by atoms with Crippen LogP contribution in [0, 0.1) is 33.6 Å². The molecule has 1 N–H and O–H groups in total. The molecule has 3 heterocycles. The Morgan fingerprint density at radius 2 is 1.89 bits per heavy atom. The van der Waals surface area contributed by atoms with Crippen molar-refractivity contribution >= 4 is 33.9 Å². The summed E-state index contributed by atoms with van der Waals surface area (Å²) >= 11 is 0. The largest absolute Gasteiger partial charge is 0.355 e. The van der Waals surface area contributed by atoms with Gasteiger partial charge in [-0.1, -0.05) is 35.0 Å². The molecule has 3 aromatic rings. The summed E-state index contributed by atoms with van der Waals surface area (Å²) in [6, 6.07) is 9.70. The monoisotopic (exact) mass is 494 g/mol. The molecule has 1 aliphatic rings. The van der Waals surface area contributed by atoms with Crippen LogP contribution in [0.3, 0.4) is 0 Å². The molecule has 1 atom stereocenters. The third-order valence-corrected chi connectivity index (χ3v) is 8.23. The van der Waals surface area contributed by atoms with Crippen molar-refractivity contribution < 1.29 is 17.7 Å². The van der Waals surface area contributed by atoms with E-state index in [0.29, 0.717) is 30.9 Å². The third-order valence-electron chi connectivity index (χ3n) is 6.20. The van der Waals surface area contributed by atoms with Crippen molar-refractivity contribution in [3.8, 4) is 0 Å². The maximum Gasteiger partial charge on any atom is 0.248 e. The number of hydrogen-bond acceptors (Lipinski definition) is 6. The number of nitrogens with one attached hydrogen (secondary N) is 1. The van der Waals surface area contributed by atoms with Gasteiger partial charge in [-0.15, -0.1) is 0 Å². The van der Waals surface area contributed by atoms with Gasteiger partial charge in [0.05, 0.1) is 5.92 Å². The van der Waals surface area contributed by atoms with Gasteiger partial charge in [0.15, 0.2) is 10.7 Å². The van der Waals surface area contributed by atoms with Gasteiger partial charge in [0.1, 0.15) is 11.5 Å². The molecule has 0 aliphatic carbocycles. The fourth-order valence-corrected chi connectivity index (χ4v) is 6.01. The highest BCUT2D eigenvalue weighted by molar-refractivity contribution is 7.89. The van der Waals surface area contributed by atoms with Crippen LogP contribution in [0.25, 0.3) is 12.2 Å². The second-order valence-electron chi connectivity index (χ2n) is 9.06. The van der Waals surface area contributed by atoms with E-state index in [-0.39, 0.29) is 23.1 Å². The number of nitrogens with zero attached hydrogens (tertiary/aromatic N) is 3. The van der Waals surface area contributed by atoms with Crippen LogP contribution < -0.4 is 5.32 Å². The van der Waals surface area contributed by atoms with E-state index in [1.807, 2.05) is 51.1 Å². The molecule has 1 aromatic carbocycles. The van der Waals surface area contributed by atoms with Gasteiger partial charge in [0, 0.05) is 19.3 Å². The number of carbonyl (C=O) groups is 1. The zero-order chi connectivity index (χ0) is 25.2. The summed E-state index contributed by atoms with van der Waals surface area (Å²) in [7, 11) is -3.92. The van der Waals surface area contributed by atoms with Gasteiger partial charge in [0.2, 0.25) is 15.9 Å². The quantitative estimate of drug-likeness (QED) is 0.540. The molecule has 0 spiro atoms. The highest BCUT2D eigenvalue weighted by Crippen LogP contribution is 2.30. The zero-order valence-corrected chi connectivity index (χ0v) is 21.2. The van der Waals surface area contributed by atoms with Gasteiger partial charge in [0.25, 0.3) is 0 Å². The maximum atomic E-state index is 13.6. The summed E-state index contributed by atoms with van der Waals surface area (Å²) in [6.07, 6.45) is 6.29. The normalized spacial score (nSPS) is 17.1. The van der Waals surface area contributed by atoms with Crippen molar-refractivity contribution in [2.75, 3.05) is 18.4 Å². The third kappa shape index (κ3) is 5.52. The van der Waals surface area contributed by atoms with E-state index in [4.69, 9.17) is 4.52 Å². The van der Waals surface area contributed by atoms with Crippen LogP contribution in [-0.4, -0.2) is 41.9 Å².